The molecule has 7 fully saturated rings. The molecule has 0 heterocycles. The van der Waals surface area contributed by atoms with Gasteiger partial charge < -0.3 is 4.74 Å². The summed E-state index contributed by atoms with van der Waals surface area (Å²) in [5, 5.41) is 0. The maximum Gasteiger partial charge on any atom is 0.312 e. The van der Waals surface area contributed by atoms with Gasteiger partial charge in [-0.2, -0.15) is 0 Å². The van der Waals surface area contributed by atoms with Crippen LogP contribution in [0.15, 0.2) is 0 Å². The minimum atomic E-state index is -0.0867. The molecule has 138 valence electrons. The van der Waals surface area contributed by atoms with E-state index < -0.39 is 0 Å². The van der Waals surface area contributed by atoms with Crippen LogP contribution in [0.2, 0.25) is 0 Å². The number of esters is 1. The van der Waals surface area contributed by atoms with Crippen LogP contribution in [0.1, 0.15) is 84.0 Å². The lowest BCUT2D eigenvalue weighted by molar-refractivity contribution is -0.196. The molecule has 7 rings (SSSR count). The van der Waals surface area contributed by atoms with Crippen molar-refractivity contribution in [2.24, 2.45) is 46.8 Å². The summed E-state index contributed by atoms with van der Waals surface area (Å²) >= 11 is 0. The van der Waals surface area contributed by atoms with Gasteiger partial charge in [0.25, 0.3) is 0 Å². The standard InChI is InChI=1S/C23H34O2/c1-2-23(13-17-9-20(23)19-5-3-4-18(17)19)25-21(24)22-10-14-6-15(11-22)8-16(7-14)12-22/h14-20H,2-13H2,1H3/t14?,15?,16?,17-,18-,19-,20+,22?,23-/m1/s1. The van der Waals surface area contributed by atoms with Gasteiger partial charge in [0.05, 0.1) is 5.41 Å². The molecular weight excluding hydrogens is 308 g/mol. The van der Waals surface area contributed by atoms with Crippen LogP contribution in [0.5, 0.6) is 0 Å². The van der Waals surface area contributed by atoms with Crippen LogP contribution < -0.4 is 0 Å². The Kier molecular flexibility index (Phi) is 3.13. The second-order valence-electron chi connectivity index (χ2n) is 11.1. The van der Waals surface area contributed by atoms with E-state index in [0.29, 0.717) is 5.92 Å². The number of fused-ring (bicyclic) bond motifs is 5. The van der Waals surface area contributed by atoms with Crippen LogP contribution in [0.3, 0.4) is 0 Å². The molecular formula is C23H34O2. The summed E-state index contributed by atoms with van der Waals surface area (Å²) < 4.78 is 6.64. The summed E-state index contributed by atoms with van der Waals surface area (Å²) in [4.78, 5) is 13.6. The second-order valence-corrected chi connectivity index (χ2v) is 11.1. The highest BCUT2D eigenvalue weighted by atomic mass is 16.6. The quantitative estimate of drug-likeness (QED) is 0.646. The van der Waals surface area contributed by atoms with Crippen molar-refractivity contribution in [1.29, 1.82) is 0 Å². The number of hydrogen-bond donors (Lipinski definition) is 0. The maximum atomic E-state index is 13.6. The van der Waals surface area contributed by atoms with Crippen molar-refractivity contribution in [3.63, 3.8) is 0 Å². The van der Waals surface area contributed by atoms with E-state index in [4.69, 9.17) is 4.74 Å². The van der Waals surface area contributed by atoms with E-state index in [1.54, 1.807) is 0 Å². The molecule has 7 aliphatic rings. The number of carbonyl (C=O) groups excluding carboxylic acids is 1. The summed E-state index contributed by atoms with van der Waals surface area (Å²) in [6.07, 6.45) is 15.5. The van der Waals surface area contributed by atoms with E-state index in [1.807, 2.05) is 0 Å². The van der Waals surface area contributed by atoms with Crippen molar-refractivity contribution < 1.29 is 9.53 Å². The largest absolute Gasteiger partial charge is 0.458 e. The van der Waals surface area contributed by atoms with Crippen molar-refractivity contribution in [1.82, 2.24) is 0 Å². The van der Waals surface area contributed by atoms with E-state index >= 15 is 0 Å². The maximum absolute atomic E-state index is 13.6. The molecule has 0 aliphatic heterocycles. The van der Waals surface area contributed by atoms with Crippen molar-refractivity contribution in [3.8, 4) is 0 Å². The fraction of sp³-hybridized carbons (Fsp3) is 0.957. The molecule has 0 saturated heterocycles. The summed E-state index contributed by atoms with van der Waals surface area (Å²) in [5.74, 6) is 6.14. The number of hydrogen-bond acceptors (Lipinski definition) is 2. The molecule has 0 N–H and O–H groups in total. The average molecular weight is 343 g/mol. The molecule has 2 heteroatoms. The molecule has 0 radical (unpaired) electrons. The van der Waals surface area contributed by atoms with Gasteiger partial charge >= 0.3 is 5.97 Å². The first-order chi connectivity index (χ1) is 12.1. The normalized spacial score (nSPS) is 57.9. The fourth-order valence-electron chi connectivity index (χ4n) is 9.46. The summed E-state index contributed by atoms with van der Waals surface area (Å²) in [5.41, 5.74) is -0.162. The van der Waals surface area contributed by atoms with Gasteiger partial charge in [-0.25, -0.2) is 0 Å². The van der Waals surface area contributed by atoms with Crippen LogP contribution >= 0.6 is 0 Å². The molecule has 0 aromatic heterocycles. The zero-order valence-corrected chi connectivity index (χ0v) is 15.8. The predicted octanol–water partition coefficient (Wildman–Crippen LogP) is 5.35. The summed E-state index contributed by atoms with van der Waals surface area (Å²) in [6.45, 7) is 2.29. The zero-order valence-electron chi connectivity index (χ0n) is 15.8. The fourth-order valence-corrected chi connectivity index (χ4v) is 9.46. The summed E-state index contributed by atoms with van der Waals surface area (Å²) in [6, 6.07) is 0. The molecule has 7 saturated carbocycles. The Morgan fingerprint density at radius 1 is 0.920 bits per heavy atom. The minimum Gasteiger partial charge on any atom is -0.458 e. The van der Waals surface area contributed by atoms with Crippen LogP contribution in [-0.2, 0) is 9.53 Å². The SMILES string of the molecule is CC[C@@]1(OC(=O)C23CC4CC(CC(C4)C2)C3)C[C@H]2C[C@H]1[C@@H]1CCC[C@H]21. The van der Waals surface area contributed by atoms with Crippen LogP contribution in [0, 0.1) is 46.8 Å². The Morgan fingerprint density at radius 3 is 2.20 bits per heavy atom. The highest BCUT2D eigenvalue weighted by Gasteiger charge is 2.64. The smallest absolute Gasteiger partial charge is 0.312 e. The van der Waals surface area contributed by atoms with Gasteiger partial charge in [0.15, 0.2) is 0 Å². The van der Waals surface area contributed by atoms with Crippen molar-refractivity contribution in [2.75, 3.05) is 0 Å². The summed E-state index contributed by atoms with van der Waals surface area (Å²) in [7, 11) is 0. The molecule has 6 bridgehead atoms. The first-order valence-corrected chi connectivity index (χ1v) is 11.3. The van der Waals surface area contributed by atoms with Crippen molar-refractivity contribution in [2.45, 2.75) is 89.6 Å². The lowest BCUT2D eigenvalue weighted by atomic mass is 9.49. The van der Waals surface area contributed by atoms with Gasteiger partial charge in [0, 0.05) is 5.92 Å². The van der Waals surface area contributed by atoms with Gasteiger partial charge in [-0.15, -0.1) is 0 Å². The minimum absolute atomic E-state index is 0.0756. The van der Waals surface area contributed by atoms with E-state index in [0.717, 1.165) is 61.2 Å². The van der Waals surface area contributed by atoms with Gasteiger partial charge in [0.2, 0.25) is 0 Å². The molecule has 5 atom stereocenters. The van der Waals surface area contributed by atoms with Gasteiger partial charge in [-0.3, -0.25) is 4.79 Å². The molecule has 2 nitrogen and oxygen atoms in total. The van der Waals surface area contributed by atoms with Crippen LogP contribution in [0.25, 0.3) is 0 Å². The Morgan fingerprint density at radius 2 is 1.56 bits per heavy atom. The number of rotatable bonds is 3. The Bertz CT molecular complexity index is 560. The Labute approximate surface area is 152 Å². The monoisotopic (exact) mass is 342 g/mol. The van der Waals surface area contributed by atoms with Gasteiger partial charge in [0.1, 0.15) is 5.60 Å². The molecule has 0 unspecified atom stereocenters. The third kappa shape index (κ3) is 2.00. The number of carbonyl (C=O) groups is 1. The van der Waals surface area contributed by atoms with Crippen LogP contribution in [-0.4, -0.2) is 11.6 Å². The van der Waals surface area contributed by atoms with Gasteiger partial charge in [-0.1, -0.05) is 13.3 Å². The van der Waals surface area contributed by atoms with Crippen molar-refractivity contribution in [3.05, 3.63) is 0 Å². The molecule has 0 spiro atoms. The average Bonchev–Trinajstić information content (AvgIpc) is 3.25. The molecule has 0 aromatic rings. The Balaban J connectivity index is 1.26. The highest BCUT2D eigenvalue weighted by Crippen LogP contribution is 2.66. The zero-order chi connectivity index (χ0) is 16.8. The molecule has 7 aliphatic carbocycles. The first-order valence-electron chi connectivity index (χ1n) is 11.3. The van der Waals surface area contributed by atoms with Crippen molar-refractivity contribution >= 4 is 5.97 Å². The van der Waals surface area contributed by atoms with Gasteiger partial charge in [-0.05, 0) is 106 Å². The van der Waals surface area contributed by atoms with E-state index in [1.165, 1.54) is 51.4 Å². The molecule has 0 amide bonds. The Hall–Kier alpha value is -0.530. The van der Waals surface area contributed by atoms with E-state index in [9.17, 15) is 4.79 Å². The second kappa shape index (κ2) is 5.04. The third-order valence-electron chi connectivity index (χ3n) is 9.95. The van der Waals surface area contributed by atoms with E-state index in [-0.39, 0.29) is 17.0 Å². The highest BCUT2D eigenvalue weighted by molar-refractivity contribution is 5.78. The van der Waals surface area contributed by atoms with E-state index in [2.05, 4.69) is 6.92 Å². The topological polar surface area (TPSA) is 26.3 Å². The predicted molar refractivity (Wildman–Crippen MR) is 96.8 cm³/mol. The molecule has 0 aromatic carbocycles. The lowest BCUT2D eigenvalue weighted by Gasteiger charge is -2.56. The molecule has 25 heavy (non-hydrogen) atoms. The van der Waals surface area contributed by atoms with Crippen LogP contribution in [0.4, 0.5) is 0 Å². The third-order valence-corrected chi connectivity index (χ3v) is 9.95. The number of ether oxygens (including phenoxy) is 1. The lowest BCUT2D eigenvalue weighted by Crippen LogP contribution is -2.54. The first kappa shape index (κ1) is 15.5.